The number of hydrogen-bond acceptors (Lipinski definition) is 4. The molecule has 0 atom stereocenters. The van der Waals surface area contributed by atoms with Crippen molar-refractivity contribution in [3.05, 3.63) is 5.82 Å². The molecule has 1 aromatic rings. The highest BCUT2D eigenvalue weighted by atomic mass is 32.1. The van der Waals surface area contributed by atoms with Crippen molar-refractivity contribution < 1.29 is 0 Å². The zero-order valence-corrected chi connectivity index (χ0v) is 9.22. The van der Waals surface area contributed by atoms with E-state index in [1.54, 1.807) is 0 Å². The van der Waals surface area contributed by atoms with E-state index >= 15 is 0 Å². The molecule has 1 fully saturated rings. The van der Waals surface area contributed by atoms with E-state index in [4.69, 9.17) is 5.73 Å². The molecule has 1 aliphatic rings. The Morgan fingerprint density at radius 2 is 1.71 bits per heavy atom. The summed E-state index contributed by atoms with van der Waals surface area (Å²) in [6.07, 6.45) is 9.28. The molecule has 1 aliphatic carbocycles. The summed E-state index contributed by atoms with van der Waals surface area (Å²) in [5.41, 5.74) is 5.60. The molecular weight excluding hydrogens is 194 g/mol. The molecule has 1 aromatic heterocycles. The largest absolute Gasteiger partial charge is 0.374 e. The predicted octanol–water partition coefficient (Wildman–Crippen LogP) is 2.95. The Hall–Kier alpha value is -0.640. The third kappa shape index (κ3) is 2.44. The van der Waals surface area contributed by atoms with Crippen molar-refractivity contribution in [2.45, 2.75) is 50.9 Å². The summed E-state index contributed by atoms with van der Waals surface area (Å²) >= 11 is 1.33. The van der Waals surface area contributed by atoms with Crippen LogP contribution in [0.4, 0.5) is 5.13 Å². The Bertz CT molecular complexity index is 277. The number of aromatic nitrogens is 2. The molecule has 0 bridgehead atoms. The summed E-state index contributed by atoms with van der Waals surface area (Å²) in [7, 11) is 0. The molecule has 3 nitrogen and oxygen atoms in total. The molecule has 0 amide bonds. The van der Waals surface area contributed by atoms with E-state index < -0.39 is 0 Å². The summed E-state index contributed by atoms with van der Waals surface area (Å²) in [4.78, 5) is 4.29. The van der Waals surface area contributed by atoms with Crippen LogP contribution in [0, 0.1) is 0 Å². The van der Waals surface area contributed by atoms with Crippen LogP contribution in [0.15, 0.2) is 0 Å². The highest BCUT2D eigenvalue weighted by molar-refractivity contribution is 7.09. The minimum atomic E-state index is 0.573. The van der Waals surface area contributed by atoms with Crippen LogP contribution in [0.3, 0.4) is 0 Å². The van der Waals surface area contributed by atoms with Crippen molar-refractivity contribution in [3.63, 3.8) is 0 Å². The number of hydrogen-bond donors (Lipinski definition) is 1. The van der Waals surface area contributed by atoms with E-state index in [1.807, 2.05) is 0 Å². The van der Waals surface area contributed by atoms with Crippen molar-refractivity contribution in [1.82, 2.24) is 9.36 Å². The number of nitrogen functional groups attached to an aromatic ring is 1. The SMILES string of the molecule is Nc1nc(C2CCCCCCC2)ns1. The number of anilines is 1. The van der Waals surface area contributed by atoms with Gasteiger partial charge < -0.3 is 5.73 Å². The van der Waals surface area contributed by atoms with Gasteiger partial charge in [0.05, 0.1) is 0 Å². The Morgan fingerprint density at radius 3 is 2.29 bits per heavy atom. The van der Waals surface area contributed by atoms with E-state index in [2.05, 4.69) is 9.36 Å². The highest BCUT2D eigenvalue weighted by Gasteiger charge is 2.17. The predicted molar refractivity (Wildman–Crippen MR) is 59.4 cm³/mol. The van der Waals surface area contributed by atoms with Gasteiger partial charge in [0.15, 0.2) is 5.13 Å². The van der Waals surface area contributed by atoms with Crippen LogP contribution < -0.4 is 5.73 Å². The maximum Gasteiger partial charge on any atom is 0.199 e. The van der Waals surface area contributed by atoms with Gasteiger partial charge in [-0.05, 0) is 12.8 Å². The fourth-order valence-corrected chi connectivity index (χ4v) is 2.64. The minimum absolute atomic E-state index is 0.573. The second-order valence-corrected chi connectivity index (χ2v) is 4.82. The first-order valence-corrected chi connectivity index (χ1v) is 6.22. The monoisotopic (exact) mass is 211 g/mol. The molecule has 78 valence electrons. The van der Waals surface area contributed by atoms with Gasteiger partial charge in [-0.3, -0.25) is 0 Å². The van der Waals surface area contributed by atoms with E-state index in [9.17, 15) is 0 Å². The molecule has 14 heavy (non-hydrogen) atoms. The van der Waals surface area contributed by atoms with Gasteiger partial charge in [-0.2, -0.15) is 4.37 Å². The second-order valence-electron chi connectivity index (χ2n) is 4.03. The molecular formula is C10H17N3S. The van der Waals surface area contributed by atoms with E-state index in [0.717, 1.165) is 5.82 Å². The molecule has 0 unspecified atom stereocenters. The van der Waals surface area contributed by atoms with Gasteiger partial charge >= 0.3 is 0 Å². The Morgan fingerprint density at radius 1 is 1.07 bits per heavy atom. The molecule has 2 N–H and O–H groups in total. The van der Waals surface area contributed by atoms with Crippen LogP contribution in [0.2, 0.25) is 0 Å². The highest BCUT2D eigenvalue weighted by Crippen LogP contribution is 2.30. The molecule has 4 heteroatoms. The molecule has 0 radical (unpaired) electrons. The van der Waals surface area contributed by atoms with E-state index in [-0.39, 0.29) is 0 Å². The van der Waals surface area contributed by atoms with Crippen molar-refractivity contribution in [3.8, 4) is 0 Å². The van der Waals surface area contributed by atoms with Crippen molar-refractivity contribution in [2.75, 3.05) is 5.73 Å². The van der Waals surface area contributed by atoms with E-state index in [0.29, 0.717) is 11.0 Å². The average molecular weight is 211 g/mol. The lowest BCUT2D eigenvalue weighted by molar-refractivity contribution is 0.445. The van der Waals surface area contributed by atoms with Gasteiger partial charge in [0, 0.05) is 17.5 Å². The molecule has 0 saturated heterocycles. The van der Waals surface area contributed by atoms with Gasteiger partial charge in [0.2, 0.25) is 0 Å². The standard InChI is InChI=1S/C10H17N3S/c11-10-12-9(13-14-10)8-6-4-2-1-3-5-7-8/h8H,1-7H2,(H2,11,12,13). The number of nitrogens with zero attached hydrogens (tertiary/aromatic N) is 2. The van der Waals surface area contributed by atoms with Crippen molar-refractivity contribution >= 4 is 16.7 Å². The third-order valence-electron chi connectivity index (χ3n) is 2.93. The maximum absolute atomic E-state index is 5.60. The van der Waals surface area contributed by atoms with Gasteiger partial charge in [-0.15, -0.1) is 0 Å². The fraction of sp³-hybridized carbons (Fsp3) is 0.800. The van der Waals surface area contributed by atoms with Crippen molar-refractivity contribution in [2.24, 2.45) is 0 Å². The molecule has 0 spiro atoms. The van der Waals surface area contributed by atoms with Crippen LogP contribution in [0.1, 0.15) is 56.7 Å². The Kier molecular flexibility index (Phi) is 3.35. The van der Waals surface area contributed by atoms with Crippen molar-refractivity contribution in [1.29, 1.82) is 0 Å². The zero-order chi connectivity index (χ0) is 9.80. The third-order valence-corrected chi connectivity index (χ3v) is 3.48. The lowest BCUT2D eigenvalue weighted by atomic mass is 9.91. The van der Waals surface area contributed by atoms with Crippen LogP contribution in [0.25, 0.3) is 0 Å². The Labute approximate surface area is 88.9 Å². The first kappa shape index (κ1) is 9.90. The summed E-state index contributed by atoms with van der Waals surface area (Å²) in [6, 6.07) is 0. The topological polar surface area (TPSA) is 51.8 Å². The summed E-state index contributed by atoms with van der Waals surface area (Å²) in [5.74, 6) is 1.57. The molecule has 1 saturated carbocycles. The van der Waals surface area contributed by atoms with Crippen LogP contribution in [0.5, 0.6) is 0 Å². The zero-order valence-electron chi connectivity index (χ0n) is 8.41. The van der Waals surface area contributed by atoms with Crippen LogP contribution >= 0.6 is 11.5 Å². The number of nitrogens with two attached hydrogens (primary N) is 1. The molecule has 2 rings (SSSR count). The molecule has 1 heterocycles. The summed E-state index contributed by atoms with van der Waals surface area (Å²) in [6.45, 7) is 0. The smallest absolute Gasteiger partial charge is 0.199 e. The summed E-state index contributed by atoms with van der Waals surface area (Å²) in [5, 5.41) is 0.613. The number of rotatable bonds is 1. The molecule has 0 aliphatic heterocycles. The first-order valence-electron chi connectivity index (χ1n) is 5.45. The first-order chi connectivity index (χ1) is 6.86. The summed E-state index contributed by atoms with van der Waals surface area (Å²) < 4.78 is 4.32. The fourth-order valence-electron chi connectivity index (χ4n) is 2.13. The maximum atomic E-state index is 5.60. The Balaban J connectivity index is 2.00. The second kappa shape index (κ2) is 4.73. The minimum Gasteiger partial charge on any atom is -0.374 e. The van der Waals surface area contributed by atoms with Crippen LogP contribution in [-0.4, -0.2) is 9.36 Å². The lowest BCUT2D eigenvalue weighted by Gasteiger charge is -2.16. The normalized spacial score (nSPS) is 20.3. The van der Waals surface area contributed by atoms with Gasteiger partial charge in [-0.1, -0.05) is 32.1 Å². The molecule has 0 aromatic carbocycles. The average Bonchev–Trinajstić information content (AvgIpc) is 2.51. The quantitative estimate of drug-likeness (QED) is 0.777. The van der Waals surface area contributed by atoms with E-state index in [1.165, 1.54) is 56.5 Å². The van der Waals surface area contributed by atoms with Crippen LogP contribution in [-0.2, 0) is 0 Å². The van der Waals surface area contributed by atoms with Gasteiger partial charge in [0.1, 0.15) is 5.82 Å². The van der Waals surface area contributed by atoms with Gasteiger partial charge in [0.25, 0.3) is 0 Å². The van der Waals surface area contributed by atoms with Gasteiger partial charge in [-0.25, -0.2) is 4.98 Å². The lowest BCUT2D eigenvalue weighted by Crippen LogP contribution is -2.04.